The first-order valence-electron chi connectivity index (χ1n) is 6.59. The number of likely N-dealkylation sites (N-methyl/N-ethyl adjacent to an activating group) is 1. The Balaban J connectivity index is 2.04. The second kappa shape index (κ2) is 5.96. The van der Waals surface area contributed by atoms with Crippen molar-refractivity contribution in [3.63, 3.8) is 0 Å². The van der Waals surface area contributed by atoms with Gasteiger partial charge >= 0.3 is 0 Å². The van der Waals surface area contributed by atoms with Gasteiger partial charge in [-0.1, -0.05) is 11.6 Å². The second-order valence-electron chi connectivity index (χ2n) is 5.06. The molecule has 1 N–H and O–H groups in total. The van der Waals surface area contributed by atoms with Gasteiger partial charge in [-0.15, -0.1) is 0 Å². The largest absolute Gasteiger partial charge is 0.353 e. The number of nitrogens with one attached hydrogen (secondary N) is 1. The molecule has 98 valence electrons. The SMILES string of the molecule is CNC(OC)N1CCC[C@H]1C1=CCN(C)CC1. The molecule has 1 saturated heterocycles. The molecule has 2 rings (SSSR count). The van der Waals surface area contributed by atoms with Crippen LogP contribution in [0.15, 0.2) is 11.6 Å². The van der Waals surface area contributed by atoms with Gasteiger partial charge in [0.25, 0.3) is 0 Å². The first-order chi connectivity index (χ1) is 8.26. The van der Waals surface area contributed by atoms with Gasteiger partial charge in [-0.2, -0.15) is 0 Å². The van der Waals surface area contributed by atoms with Crippen molar-refractivity contribution in [3.8, 4) is 0 Å². The van der Waals surface area contributed by atoms with E-state index in [2.05, 4.69) is 28.2 Å². The van der Waals surface area contributed by atoms with Crippen LogP contribution in [0, 0.1) is 0 Å². The highest BCUT2D eigenvalue weighted by molar-refractivity contribution is 5.16. The van der Waals surface area contributed by atoms with E-state index in [1.54, 1.807) is 12.7 Å². The predicted octanol–water partition coefficient (Wildman–Crippen LogP) is 0.862. The van der Waals surface area contributed by atoms with Crippen molar-refractivity contribution in [2.75, 3.05) is 40.8 Å². The number of nitrogens with zero attached hydrogens (tertiary/aromatic N) is 2. The zero-order valence-corrected chi connectivity index (χ0v) is 11.3. The van der Waals surface area contributed by atoms with E-state index < -0.39 is 0 Å². The van der Waals surface area contributed by atoms with Gasteiger partial charge in [0.05, 0.1) is 0 Å². The van der Waals surface area contributed by atoms with Crippen LogP contribution in [-0.4, -0.2) is 63.0 Å². The summed E-state index contributed by atoms with van der Waals surface area (Å²) < 4.78 is 5.50. The fourth-order valence-electron chi connectivity index (χ4n) is 2.98. The van der Waals surface area contributed by atoms with Crippen molar-refractivity contribution < 1.29 is 4.74 Å². The molecule has 2 aliphatic heterocycles. The Bertz CT molecular complexity index is 276. The molecule has 0 saturated carbocycles. The number of ether oxygens (including phenoxy) is 1. The van der Waals surface area contributed by atoms with Crippen molar-refractivity contribution in [3.05, 3.63) is 11.6 Å². The van der Waals surface area contributed by atoms with Crippen LogP contribution in [-0.2, 0) is 4.74 Å². The lowest BCUT2D eigenvalue weighted by atomic mass is 9.98. The van der Waals surface area contributed by atoms with Crippen molar-refractivity contribution in [2.24, 2.45) is 0 Å². The van der Waals surface area contributed by atoms with Gasteiger partial charge in [-0.3, -0.25) is 10.2 Å². The molecule has 2 heterocycles. The summed E-state index contributed by atoms with van der Waals surface area (Å²) in [5.41, 5.74) is 1.61. The van der Waals surface area contributed by atoms with E-state index in [-0.39, 0.29) is 6.35 Å². The second-order valence-corrected chi connectivity index (χ2v) is 5.06. The van der Waals surface area contributed by atoms with Gasteiger partial charge in [0.2, 0.25) is 0 Å². The Labute approximate surface area is 105 Å². The standard InChI is InChI=1S/C13H25N3O/c1-14-13(17-3)16-8-4-5-12(16)11-6-9-15(2)10-7-11/h6,12-14H,4-5,7-10H2,1-3H3/t12-,13?/m0/s1. The average molecular weight is 239 g/mol. The third-order valence-electron chi connectivity index (χ3n) is 3.94. The number of hydrogen-bond acceptors (Lipinski definition) is 4. The molecule has 1 fully saturated rings. The molecule has 2 atom stereocenters. The Hall–Kier alpha value is -0.420. The van der Waals surface area contributed by atoms with E-state index in [9.17, 15) is 0 Å². The van der Waals surface area contributed by atoms with Crippen LogP contribution in [0.2, 0.25) is 0 Å². The Kier molecular flexibility index (Phi) is 4.56. The molecule has 0 aromatic heterocycles. The summed E-state index contributed by atoms with van der Waals surface area (Å²) in [6.07, 6.45) is 6.23. The van der Waals surface area contributed by atoms with Gasteiger partial charge in [-0.25, -0.2) is 0 Å². The molecule has 0 radical (unpaired) electrons. The maximum absolute atomic E-state index is 5.50. The molecule has 0 amide bonds. The smallest absolute Gasteiger partial charge is 0.165 e. The number of likely N-dealkylation sites (tertiary alicyclic amines) is 1. The lowest BCUT2D eigenvalue weighted by molar-refractivity contribution is -0.0520. The maximum atomic E-state index is 5.50. The quantitative estimate of drug-likeness (QED) is 0.582. The van der Waals surface area contributed by atoms with Crippen molar-refractivity contribution >= 4 is 0 Å². The third kappa shape index (κ3) is 2.88. The summed E-state index contributed by atoms with van der Waals surface area (Å²) in [5.74, 6) is 0. The van der Waals surface area contributed by atoms with E-state index >= 15 is 0 Å². The Morgan fingerprint density at radius 3 is 2.88 bits per heavy atom. The van der Waals surface area contributed by atoms with Gasteiger partial charge in [-0.05, 0) is 33.4 Å². The van der Waals surface area contributed by atoms with Crippen molar-refractivity contribution in [1.82, 2.24) is 15.1 Å². The van der Waals surface area contributed by atoms with Crippen LogP contribution in [0.3, 0.4) is 0 Å². The minimum atomic E-state index is 0.0584. The molecule has 0 spiro atoms. The van der Waals surface area contributed by atoms with Gasteiger partial charge < -0.3 is 9.64 Å². The van der Waals surface area contributed by atoms with Crippen LogP contribution in [0.5, 0.6) is 0 Å². The number of methoxy groups -OCH3 is 1. The summed E-state index contributed by atoms with van der Waals surface area (Å²) in [5, 5.41) is 3.24. The summed E-state index contributed by atoms with van der Waals surface area (Å²) in [6.45, 7) is 3.42. The van der Waals surface area contributed by atoms with Gasteiger partial charge in [0.1, 0.15) is 0 Å². The highest BCUT2D eigenvalue weighted by Crippen LogP contribution is 2.28. The zero-order chi connectivity index (χ0) is 12.3. The normalized spacial score (nSPS) is 29.4. The number of rotatable bonds is 4. The summed E-state index contributed by atoms with van der Waals surface area (Å²) in [4.78, 5) is 4.83. The monoisotopic (exact) mass is 239 g/mol. The van der Waals surface area contributed by atoms with E-state index in [1.165, 1.54) is 25.8 Å². The lowest BCUT2D eigenvalue weighted by Crippen LogP contribution is -2.49. The van der Waals surface area contributed by atoms with Gasteiger partial charge in [0.15, 0.2) is 6.35 Å². The predicted molar refractivity (Wildman–Crippen MR) is 69.8 cm³/mol. The molecular weight excluding hydrogens is 214 g/mol. The summed E-state index contributed by atoms with van der Waals surface area (Å²) >= 11 is 0. The molecule has 4 nitrogen and oxygen atoms in total. The molecule has 0 aliphatic carbocycles. The molecule has 0 aromatic carbocycles. The van der Waals surface area contributed by atoms with Crippen molar-refractivity contribution in [1.29, 1.82) is 0 Å². The minimum absolute atomic E-state index is 0.0584. The first-order valence-corrected chi connectivity index (χ1v) is 6.59. The minimum Gasteiger partial charge on any atom is -0.353 e. The van der Waals surface area contributed by atoms with Crippen LogP contribution < -0.4 is 5.32 Å². The summed E-state index contributed by atoms with van der Waals surface area (Å²) in [6, 6.07) is 0.584. The molecule has 2 aliphatic rings. The maximum Gasteiger partial charge on any atom is 0.165 e. The molecule has 4 heteroatoms. The third-order valence-corrected chi connectivity index (χ3v) is 3.94. The topological polar surface area (TPSA) is 27.7 Å². The zero-order valence-electron chi connectivity index (χ0n) is 11.3. The van der Waals surface area contributed by atoms with E-state index in [0.29, 0.717) is 6.04 Å². The number of hydrogen-bond donors (Lipinski definition) is 1. The van der Waals surface area contributed by atoms with Gasteiger partial charge in [0, 0.05) is 32.8 Å². The molecule has 0 aromatic rings. The van der Waals surface area contributed by atoms with Crippen LogP contribution in [0.25, 0.3) is 0 Å². The van der Waals surface area contributed by atoms with E-state index in [0.717, 1.165) is 13.1 Å². The van der Waals surface area contributed by atoms with Crippen LogP contribution in [0.4, 0.5) is 0 Å². The lowest BCUT2D eigenvalue weighted by Gasteiger charge is -2.35. The molecule has 17 heavy (non-hydrogen) atoms. The van der Waals surface area contributed by atoms with E-state index in [1.807, 2.05) is 7.05 Å². The summed E-state index contributed by atoms with van der Waals surface area (Å²) in [7, 11) is 5.93. The molecular formula is C13H25N3O. The molecule has 0 bridgehead atoms. The van der Waals surface area contributed by atoms with Crippen molar-refractivity contribution in [2.45, 2.75) is 31.7 Å². The van der Waals surface area contributed by atoms with E-state index in [4.69, 9.17) is 4.74 Å². The molecule has 1 unspecified atom stereocenters. The van der Waals surface area contributed by atoms with Crippen LogP contribution in [0.1, 0.15) is 19.3 Å². The fourth-order valence-corrected chi connectivity index (χ4v) is 2.98. The average Bonchev–Trinajstić information content (AvgIpc) is 2.81. The highest BCUT2D eigenvalue weighted by atomic mass is 16.5. The van der Waals surface area contributed by atoms with Crippen LogP contribution >= 0.6 is 0 Å². The Morgan fingerprint density at radius 1 is 1.47 bits per heavy atom. The fraction of sp³-hybridized carbons (Fsp3) is 0.846. The first kappa shape index (κ1) is 13.0. The Morgan fingerprint density at radius 2 is 2.29 bits per heavy atom. The highest BCUT2D eigenvalue weighted by Gasteiger charge is 2.32.